The third-order valence-corrected chi connectivity index (χ3v) is 5.41. The van der Waals surface area contributed by atoms with Gasteiger partial charge < -0.3 is 19.9 Å². The maximum Gasteiger partial charge on any atom is 0.322 e. The lowest BCUT2D eigenvalue weighted by atomic mass is 10.2. The Bertz CT molecular complexity index is 604. The SMILES string of the molecule is COc1ccccc1NC(=O)N1CCC[C@@H]1C(=O)N1CCSCC1. The normalized spacial score (nSPS) is 20.8. The first kappa shape index (κ1) is 17.0. The van der Waals surface area contributed by atoms with Crippen LogP contribution in [0.2, 0.25) is 0 Å². The van der Waals surface area contributed by atoms with Crippen molar-refractivity contribution in [3.05, 3.63) is 24.3 Å². The average Bonchev–Trinajstić information content (AvgIpc) is 3.12. The zero-order chi connectivity index (χ0) is 16.9. The minimum absolute atomic E-state index is 0.0861. The number of carbonyl (C=O) groups is 2. The van der Waals surface area contributed by atoms with Crippen molar-refractivity contribution in [2.75, 3.05) is 43.6 Å². The van der Waals surface area contributed by atoms with Crippen LogP contribution in [0, 0.1) is 0 Å². The van der Waals surface area contributed by atoms with Crippen LogP contribution < -0.4 is 10.1 Å². The summed E-state index contributed by atoms with van der Waals surface area (Å²) in [4.78, 5) is 29.0. The number of rotatable bonds is 3. The molecule has 130 valence electrons. The Morgan fingerprint density at radius 3 is 2.71 bits per heavy atom. The minimum Gasteiger partial charge on any atom is -0.495 e. The highest BCUT2D eigenvalue weighted by atomic mass is 32.2. The lowest BCUT2D eigenvalue weighted by Crippen LogP contribution is -2.51. The fourth-order valence-electron chi connectivity index (χ4n) is 3.20. The van der Waals surface area contributed by atoms with E-state index < -0.39 is 0 Å². The molecule has 3 amide bonds. The fourth-order valence-corrected chi connectivity index (χ4v) is 4.10. The number of urea groups is 1. The van der Waals surface area contributed by atoms with Gasteiger partial charge >= 0.3 is 6.03 Å². The zero-order valence-electron chi connectivity index (χ0n) is 13.9. The van der Waals surface area contributed by atoms with E-state index in [0.717, 1.165) is 37.4 Å². The van der Waals surface area contributed by atoms with Gasteiger partial charge in [-0.1, -0.05) is 12.1 Å². The van der Waals surface area contributed by atoms with E-state index in [1.165, 1.54) is 0 Å². The molecule has 1 aromatic carbocycles. The van der Waals surface area contributed by atoms with Crippen LogP contribution >= 0.6 is 11.8 Å². The van der Waals surface area contributed by atoms with Gasteiger partial charge in [0.1, 0.15) is 11.8 Å². The summed E-state index contributed by atoms with van der Waals surface area (Å²) in [7, 11) is 1.57. The topological polar surface area (TPSA) is 61.9 Å². The molecule has 0 unspecified atom stereocenters. The van der Waals surface area contributed by atoms with Crippen molar-refractivity contribution in [2.24, 2.45) is 0 Å². The maximum atomic E-state index is 12.8. The van der Waals surface area contributed by atoms with Gasteiger partial charge in [-0.15, -0.1) is 0 Å². The predicted octanol–water partition coefficient (Wildman–Crippen LogP) is 2.27. The minimum atomic E-state index is -0.345. The second-order valence-corrected chi connectivity index (χ2v) is 7.14. The van der Waals surface area contributed by atoms with Crippen LogP contribution in [0.5, 0.6) is 5.75 Å². The Kier molecular flexibility index (Phi) is 5.50. The molecule has 24 heavy (non-hydrogen) atoms. The van der Waals surface area contributed by atoms with Crippen LogP contribution in [0.4, 0.5) is 10.5 Å². The number of methoxy groups -OCH3 is 1. The molecule has 3 rings (SSSR count). The molecule has 2 fully saturated rings. The van der Waals surface area contributed by atoms with Gasteiger partial charge in [-0.2, -0.15) is 11.8 Å². The lowest BCUT2D eigenvalue weighted by molar-refractivity contribution is -0.134. The molecule has 2 saturated heterocycles. The van der Waals surface area contributed by atoms with Crippen LogP contribution in [0.1, 0.15) is 12.8 Å². The van der Waals surface area contributed by atoms with Gasteiger partial charge in [-0.05, 0) is 25.0 Å². The number of anilines is 1. The molecule has 0 spiro atoms. The molecule has 2 heterocycles. The van der Waals surface area contributed by atoms with E-state index >= 15 is 0 Å². The Hall–Kier alpha value is -1.89. The van der Waals surface area contributed by atoms with Crippen LogP contribution in [0.15, 0.2) is 24.3 Å². The number of hydrogen-bond acceptors (Lipinski definition) is 4. The van der Waals surface area contributed by atoms with E-state index in [1.54, 1.807) is 24.1 Å². The van der Waals surface area contributed by atoms with Crippen molar-refractivity contribution >= 4 is 29.4 Å². The summed E-state index contributed by atoms with van der Waals surface area (Å²) >= 11 is 1.87. The first-order valence-corrected chi connectivity index (χ1v) is 9.43. The van der Waals surface area contributed by atoms with Crippen molar-refractivity contribution in [1.29, 1.82) is 0 Å². The molecule has 1 atom stereocenters. The number of para-hydroxylation sites is 2. The number of thioether (sulfide) groups is 1. The second kappa shape index (κ2) is 7.79. The number of nitrogens with zero attached hydrogens (tertiary/aromatic N) is 2. The number of benzene rings is 1. The van der Waals surface area contributed by atoms with E-state index in [4.69, 9.17) is 4.74 Å². The third-order valence-electron chi connectivity index (χ3n) is 4.47. The van der Waals surface area contributed by atoms with Crippen LogP contribution in [-0.2, 0) is 4.79 Å². The average molecular weight is 349 g/mol. The highest BCUT2D eigenvalue weighted by molar-refractivity contribution is 7.99. The summed E-state index contributed by atoms with van der Waals surface area (Å²) in [6.07, 6.45) is 1.60. The second-order valence-electron chi connectivity index (χ2n) is 5.92. The summed E-state index contributed by atoms with van der Waals surface area (Å²) in [6.45, 7) is 2.17. The monoisotopic (exact) mass is 349 g/mol. The highest BCUT2D eigenvalue weighted by Gasteiger charge is 2.37. The molecule has 1 aromatic rings. The smallest absolute Gasteiger partial charge is 0.322 e. The van der Waals surface area contributed by atoms with Crippen molar-refractivity contribution < 1.29 is 14.3 Å². The van der Waals surface area contributed by atoms with Crippen molar-refractivity contribution in [1.82, 2.24) is 9.80 Å². The first-order chi connectivity index (χ1) is 11.7. The highest BCUT2D eigenvalue weighted by Crippen LogP contribution is 2.26. The van der Waals surface area contributed by atoms with E-state index in [0.29, 0.717) is 18.0 Å². The van der Waals surface area contributed by atoms with E-state index in [-0.39, 0.29) is 18.0 Å². The first-order valence-electron chi connectivity index (χ1n) is 8.28. The van der Waals surface area contributed by atoms with Crippen LogP contribution in [-0.4, -0.2) is 66.0 Å². The number of ether oxygens (including phenoxy) is 1. The Labute approximate surface area is 146 Å². The van der Waals surface area contributed by atoms with Crippen LogP contribution in [0.3, 0.4) is 0 Å². The van der Waals surface area contributed by atoms with Crippen molar-refractivity contribution in [2.45, 2.75) is 18.9 Å². The summed E-state index contributed by atoms with van der Waals surface area (Å²) < 4.78 is 5.27. The van der Waals surface area contributed by atoms with Crippen molar-refractivity contribution in [3.63, 3.8) is 0 Å². The lowest BCUT2D eigenvalue weighted by Gasteiger charge is -2.32. The standard InChI is InChI=1S/C17H23N3O3S/c1-23-15-7-3-2-5-13(15)18-17(22)20-8-4-6-14(20)16(21)19-9-11-24-12-10-19/h2-3,5,7,14H,4,6,8-12H2,1H3,(H,18,22)/t14-/m1/s1. The van der Waals surface area contributed by atoms with Gasteiger partial charge in [0, 0.05) is 31.1 Å². The fraction of sp³-hybridized carbons (Fsp3) is 0.529. The summed E-state index contributed by atoms with van der Waals surface area (Å²) in [5.41, 5.74) is 0.623. The maximum absolute atomic E-state index is 12.8. The van der Waals surface area contributed by atoms with E-state index in [1.807, 2.05) is 28.8 Å². The Morgan fingerprint density at radius 1 is 1.21 bits per heavy atom. The number of hydrogen-bond donors (Lipinski definition) is 1. The number of likely N-dealkylation sites (tertiary alicyclic amines) is 1. The molecule has 0 saturated carbocycles. The molecule has 0 bridgehead atoms. The van der Waals surface area contributed by atoms with Gasteiger partial charge in [-0.25, -0.2) is 4.79 Å². The number of amides is 3. The molecule has 2 aliphatic rings. The van der Waals surface area contributed by atoms with Crippen molar-refractivity contribution in [3.8, 4) is 5.75 Å². The Morgan fingerprint density at radius 2 is 1.96 bits per heavy atom. The zero-order valence-corrected chi connectivity index (χ0v) is 14.7. The van der Waals surface area contributed by atoms with E-state index in [9.17, 15) is 9.59 Å². The molecule has 2 aliphatic heterocycles. The molecular weight excluding hydrogens is 326 g/mol. The molecule has 0 aromatic heterocycles. The van der Waals surface area contributed by atoms with Gasteiger partial charge in [0.05, 0.1) is 12.8 Å². The summed E-state index contributed by atoms with van der Waals surface area (Å²) in [6, 6.07) is 6.71. The summed E-state index contributed by atoms with van der Waals surface area (Å²) in [5, 5.41) is 2.88. The van der Waals surface area contributed by atoms with Crippen LogP contribution in [0.25, 0.3) is 0 Å². The van der Waals surface area contributed by atoms with Gasteiger partial charge in [-0.3, -0.25) is 4.79 Å². The molecule has 6 nitrogen and oxygen atoms in total. The number of nitrogens with one attached hydrogen (secondary N) is 1. The molecule has 1 N–H and O–H groups in total. The van der Waals surface area contributed by atoms with Gasteiger partial charge in [0.2, 0.25) is 5.91 Å². The third kappa shape index (κ3) is 3.61. The Balaban J connectivity index is 1.68. The number of carbonyl (C=O) groups excluding carboxylic acids is 2. The predicted molar refractivity (Wildman–Crippen MR) is 95.6 cm³/mol. The largest absolute Gasteiger partial charge is 0.495 e. The quantitative estimate of drug-likeness (QED) is 0.909. The molecule has 0 radical (unpaired) electrons. The van der Waals surface area contributed by atoms with E-state index in [2.05, 4.69) is 5.32 Å². The summed E-state index contributed by atoms with van der Waals surface area (Å²) in [5.74, 6) is 2.65. The van der Waals surface area contributed by atoms with Gasteiger partial charge in [0.25, 0.3) is 0 Å². The molecule has 0 aliphatic carbocycles. The van der Waals surface area contributed by atoms with Gasteiger partial charge in [0.15, 0.2) is 0 Å². The molecular formula is C17H23N3O3S. The molecule has 7 heteroatoms.